The van der Waals surface area contributed by atoms with Crippen LogP contribution in [0.4, 0.5) is 14.5 Å². The number of benzene rings is 2. The van der Waals surface area contributed by atoms with E-state index in [1.54, 1.807) is 19.1 Å². The minimum atomic E-state index is -1.79. The lowest BCUT2D eigenvalue weighted by Crippen LogP contribution is -2.47. The van der Waals surface area contributed by atoms with Crippen molar-refractivity contribution in [3.63, 3.8) is 0 Å². The Labute approximate surface area is 200 Å². The van der Waals surface area contributed by atoms with E-state index in [4.69, 9.17) is 27.9 Å². The number of aromatic nitrogens is 3. The summed E-state index contributed by atoms with van der Waals surface area (Å²) < 4.78 is 35.8. The Hall–Kier alpha value is -2.26. The van der Waals surface area contributed by atoms with Crippen molar-refractivity contribution in [3.8, 4) is 0 Å². The Morgan fingerprint density at radius 2 is 1.94 bits per heavy atom. The van der Waals surface area contributed by atoms with Crippen LogP contribution in [0.1, 0.15) is 25.3 Å². The monoisotopic (exact) mass is 496 g/mol. The molecule has 4 rings (SSSR count). The van der Waals surface area contributed by atoms with E-state index in [1.165, 1.54) is 23.4 Å². The van der Waals surface area contributed by atoms with Crippen LogP contribution in [0.3, 0.4) is 0 Å². The quantitative estimate of drug-likeness (QED) is 0.507. The van der Waals surface area contributed by atoms with Gasteiger partial charge in [0, 0.05) is 29.7 Å². The Morgan fingerprint density at radius 3 is 2.58 bits per heavy atom. The molecule has 0 spiro atoms. The summed E-state index contributed by atoms with van der Waals surface area (Å²) >= 11 is 12.3. The minimum Gasteiger partial charge on any atom is -0.380 e. The molecule has 0 aliphatic carbocycles. The van der Waals surface area contributed by atoms with E-state index in [0.29, 0.717) is 36.0 Å². The largest absolute Gasteiger partial charge is 0.380 e. The highest BCUT2D eigenvalue weighted by molar-refractivity contribution is 6.36. The predicted octanol–water partition coefficient (Wildman–Crippen LogP) is 4.83. The molecule has 0 amide bonds. The SMILES string of the molecule is C[C@@H](OC1CCN(c2ccc(Cl)cc2Cl)CC1)[C@](O)(Cn1cncn1)c1ccc(F)cc1F. The first-order valence-electron chi connectivity index (χ1n) is 10.6. The highest BCUT2D eigenvalue weighted by atomic mass is 35.5. The summed E-state index contributed by atoms with van der Waals surface area (Å²) in [6.45, 7) is 2.98. The molecular weight excluding hydrogens is 473 g/mol. The lowest BCUT2D eigenvalue weighted by molar-refractivity contribution is -0.145. The number of halogens is 4. The third-order valence-corrected chi connectivity index (χ3v) is 6.57. The van der Waals surface area contributed by atoms with E-state index in [9.17, 15) is 13.9 Å². The minimum absolute atomic E-state index is 0.0581. The Bertz CT molecular complexity index is 1090. The number of ether oxygens (including phenoxy) is 1. The maximum atomic E-state index is 14.7. The zero-order valence-electron chi connectivity index (χ0n) is 18.0. The van der Waals surface area contributed by atoms with E-state index in [1.807, 2.05) is 6.07 Å². The zero-order chi connectivity index (χ0) is 23.6. The summed E-state index contributed by atoms with van der Waals surface area (Å²) in [6, 6.07) is 8.52. The predicted molar refractivity (Wildman–Crippen MR) is 123 cm³/mol. The summed E-state index contributed by atoms with van der Waals surface area (Å²) in [7, 11) is 0. The van der Waals surface area contributed by atoms with Crippen molar-refractivity contribution in [2.24, 2.45) is 0 Å². The van der Waals surface area contributed by atoms with Crippen LogP contribution in [0.2, 0.25) is 10.0 Å². The van der Waals surface area contributed by atoms with Crippen LogP contribution in [-0.4, -0.2) is 45.2 Å². The molecule has 0 bridgehead atoms. The third kappa shape index (κ3) is 5.30. The molecule has 0 saturated carbocycles. The normalized spacial score (nSPS) is 17.7. The van der Waals surface area contributed by atoms with Crippen LogP contribution in [0.15, 0.2) is 49.1 Å². The molecule has 33 heavy (non-hydrogen) atoms. The van der Waals surface area contributed by atoms with Gasteiger partial charge in [-0.05, 0) is 44.0 Å². The second-order valence-electron chi connectivity index (χ2n) is 8.20. The summed E-state index contributed by atoms with van der Waals surface area (Å²) in [5, 5.41) is 16.8. The highest BCUT2D eigenvalue weighted by Crippen LogP contribution is 2.35. The van der Waals surface area contributed by atoms with Gasteiger partial charge in [-0.15, -0.1) is 0 Å². The first-order valence-corrected chi connectivity index (χ1v) is 11.4. The molecule has 1 N–H and O–H groups in total. The van der Waals surface area contributed by atoms with Crippen molar-refractivity contribution in [1.82, 2.24) is 14.8 Å². The highest BCUT2D eigenvalue weighted by Gasteiger charge is 2.41. The fourth-order valence-corrected chi connectivity index (χ4v) is 4.73. The second kappa shape index (κ2) is 9.93. The molecular formula is C23H24Cl2F2N4O2. The molecule has 1 aliphatic heterocycles. The van der Waals surface area contributed by atoms with E-state index in [-0.39, 0.29) is 18.2 Å². The number of rotatable bonds is 7. The summed E-state index contributed by atoms with van der Waals surface area (Å²) in [6.07, 6.45) is 3.16. The van der Waals surface area contributed by atoms with E-state index in [0.717, 1.165) is 17.8 Å². The fraction of sp³-hybridized carbons (Fsp3) is 0.391. The number of piperidine rings is 1. The molecule has 2 atom stereocenters. The van der Waals surface area contributed by atoms with Crippen LogP contribution >= 0.6 is 23.2 Å². The van der Waals surface area contributed by atoms with E-state index in [2.05, 4.69) is 15.0 Å². The van der Waals surface area contributed by atoms with Crippen molar-refractivity contribution in [2.45, 2.75) is 44.1 Å². The van der Waals surface area contributed by atoms with Gasteiger partial charge in [-0.25, -0.2) is 18.4 Å². The van der Waals surface area contributed by atoms with Crippen LogP contribution in [0, 0.1) is 11.6 Å². The maximum Gasteiger partial charge on any atom is 0.138 e. The van der Waals surface area contributed by atoms with Gasteiger partial charge in [-0.1, -0.05) is 29.3 Å². The first-order chi connectivity index (χ1) is 15.8. The Kier molecular flexibility index (Phi) is 7.19. The molecule has 10 heteroatoms. The van der Waals surface area contributed by atoms with Crippen molar-refractivity contribution in [3.05, 3.63) is 76.3 Å². The number of nitrogens with zero attached hydrogens (tertiary/aromatic N) is 4. The molecule has 0 unspecified atom stereocenters. The second-order valence-corrected chi connectivity index (χ2v) is 9.05. The number of aliphatic hydroxyl groups is 1. The molecule has 0 radical (unpaired) electrons. The van der Waals surface area contributed by atoms with Crippen LogP contribution in [-0.2, 0) is 16.9 Å². The molecule has 176 valence electrons. The summed E-state index contributed by atoms with van der Waals surface area (Å²) in [4.78, 5) is 6.04. The van der Waals surface area contributed by atoms with Gasteiger partial charge in [-0.2, -0.15) is 5.10 Å². The van der Waals surface area contributed by atoms with Gasteiger partial charge < -0.3 is 14.7 Å². The smallest absolute Gasteiger partial charge is 0.138 e. The first kappa shape index (κ1) is 23.9. The third-order valence-electron chi connectivity index (χ3n) is 6.03. The fourth-order valence-electron chi connectivity index (χ4n) is 4.21. The van der Waals surface area contributed by atoms with Crippen LogP contribution in [0.5, 0.6) is 0 Å². The molecule has 3 aromatic rings. The van der Waals surface area contributed by atoms with Gasteiger partial charge in [-0.3, -0.25) is 0 Å². The van der Waals surface area contributed by atoms with Crippen molar-refractivity contribution in [2.75, 3.05) is 18.0 Å². The van der Waals surface area contributed by atoms with Gasteiger partial charge in [0.05, 0.1) is 29.5 Å². The van der Waals surface area contributed by atoms with Crippen LogP contribution in [0.25, 0.3) is 0 Å². The van der Waals surface area contributed by atoms with Gasteiger partial charge in [0.15, 0.2) is 0 Å². The summed E-state index contributed by atoms with van der Waals surface area (Å²) in [5.41, 5.74) is -0.942. The molecule has 2 aromatic carbocycles. The average molecular weight is 497 g/mol. The molecule has 1 aromatic heterocycles. The van der Waals surface area contributed by atoms with E-state index < -0.39 is 23.3 Å². The topological polar surface area (TPSA) is 63.4 Å². The van der Waals surface area contributed by atoms with Crippen LogP contribution < -0.4 is 4.90 Å². The van der Waals surface area contributed by atoms with Crippen molar-refractivity contribution >= 4 is 28.9 Å². The Morgan fingerprint density at radius 1 is 1.18 bits per heavy atom. The van der Waals surface area contributed by atoms with Gasteiger partial charge in [0.1, 0.15) is 29.9 Å². The van der Waals surface area contributed by atoms with E-state index >= 15 is 0 Å². The lowest BCUT2D eigenvalue weighted by Gasteiger charge is -2.39. The number of hydrogen-bond acceptors (Lipinski definition) is 5. The Balaban J connectivity index is 1.49. The molecule has 1 saturated heterocycles. The van der Waals surface area contributed by atoms with Gasteiger partial charge in [0.2, 0.25) is 0 Å². The van der Waals surface area contributed by atoms with Gasteiger partial charge >= 0.3 is 0 Å². The lowest BCUT2D eigenvalue weighted by atomic mass is 9.87. The standard InChI is InChI=1S/C23H24Cl2F2N4O2/c1-15(33-18-6-8-30(9-7-18)22-5-2-16(24)10-20(22)25)23(32,12-31-14-28-13-29-31)19-4-3-17(26)11-21(19)27/h2-5,10-11,13-15,18,32H,6-9,12H2,1H3/t15-,23-/m1/s1. The number of anilines is 1. The summed E-state index contributed by atoms with van der Waals surface area (Å²) in [5.74, 6) is -1.57. The molecule has 6 nitrogen and oxygen atoms in total. The number of hydrogen-bond donors (Lipinski definition) is 1. The average Bonchev–Trinajstić information content (AvgIpc) is 3.27. The molecule has 1 aliphatic rings. The molecule has 2 heterocycles. The van der Waals surface area contributed by atoms with Gasteiger partial charge in [0.25, 0.3) is 0 Å². The molecule has 1 fully saturated rings. The zero-order valence-corrected chi connectivity index (χ0v) is 19.5. The van der Waals surface area contributed by atoms with Crippen molar-refractivity contribution < 1.29 is 18.6 Å². The maximum absolute atomic E-state index is 14.7. The van der Waals surface area contributed by atoms with Crippen molar-refractivity contribution in [1.29, 1.82) is 0 Å².